The van der Waals surface area contributed by atoms with E-state index in [-0.39, 0.29) is 5.82 Å². The van der Waals surface area contributed by atoms with Crippen LogP contribution in [0.4, 0.5) is 4.39 Å². The van der Waals surface area contributed by atoms with Crippen LogP contribution in [0.5, 0.6) is 0 Å². The topological polar surface area (TPSA) is 19.0 Å². The third-order valence-corrected chi connectivity index (χ3v) is 3.17. The Hall–Kier alpha value is -1.35. The first kappa shape index (κ1) is 13.1. The number of halogens is 1. The molecule has 0 saturated heterocycles. The molecule has 0 bridgehead atoms. The van der Waals surface area contributed by atoms with Crippen molar-refractivity contribution in [3.05, 3.63) is 35.8 Å². The number of aromatic amines is 1. The number of H-pyrrole nitrogens is 1. The van der Waals surface area contributed by atoms with Crippen LogP contribution in [0.2, 0.25) is 0 Å². The van der Waals surface area contributed by atoms with Gasteiger partial charge < -0.3 is 9.88 Å². The second-order valence-corrected chi connectivity index (χ2v) is 5.41. The summed E-state index contributed by atoms with van der Waals surface area (Å²) in [6, 6.07) is 4.91. The second-order valence-electron chi connectivity index (χ2n) is 5.41. The van der Waals surface area contributed by atoms with Gasteiger partial charge >= 0.3 is 0 Å². The Bertz CT molecular complexity index is 516. The van der Waals surface area contributed by atoms with Crippen molar-refractivity contribution >= 4 is 10.9 Å². The normalized spacial score (nSPS) is 11.9. The Labute approximate surface area is 108 Å². The van der Waals surface area contributed by atoms with Crippen molar-refractivity contribution in [2.45, 2.75) is 20.3 Å². The number of fused-ring (bicyclic) bond motifs is 1. The monoisotopic (exact) mass is 248 g/mol. The van der Waals surface area contributed by atoms with Crippen molar-refractivity contribution in [3.63, 3.8) is 0 Å². The second kappa shape index (κ2) is 5.53. The van der Waals surface area contributed by atoms with Crippen molar-refractivity contribution in [3.8, 4) is 0 Å². The van der Waals surface area contributed by atoms with Gasteiger partial charge in [-0.15, -0.1) is 0 Å². The molecule has 1 aromatic carbocycles. The smallest absolute Gasteiger partial charge is 0.123 e. The molecule has 0 aliphatic heterocycles. The van der Waals surface area contributed by atoms with Gasteiger partial charge in [0.05, 0.1) is 0 Å². The lowest BCUT2D eigenvalue weighted by molar-refractivity contribution is 0.299. The van der Waals surface area contributed by atoms with E-state index in [1.807, 2.05) is 6.20 Å². The van der Waals surface area contributed by atoms with E-state index in [4.69, 9.17) is 0 Å². The fourth-order valence-electron chi connectivity index (χ4n) is 2.38. The molecule has 3 heteroatoms. The van der Waals surface area contributed by atoms with Gasteiger partial charge in [0.25, 0.3) is 0 Å². The van der Waals surface area contributed by atoms with Crippen LogP contribution in [0, 0.1) is 11.7 Å². The lowest BCUT2D eigenvalue weighted by atomic mass is 10.1. The zero-order valence-corrected chi connectivity index (χ0v) is 11.3. The molecule has 0 saturated carbocycles. The minimum atomic E-state index is -0.168. The molecular formula is C15H21FN2. The molecule has 1 aromatic heterocycles. The van der Waals surface area contributed by atoms with Gasteiger partial charge in [-0.1, -0.05) is 13.8 Å². The molecule has 1 heterocycles. The first-order valence-corrected chi connectivity index (χ1v) is 6.50. The van der Waals surface area contributed by atoms with Crippen molar-refractivity contribution in [2.24, 2.45) is 5.92 Å². The number of nitrogens with one attached hydrogen (secondary N) is 1. The van der Waals surface area contributed by atoms with E-state index in [0.717, 1.165) is 30.4 Å². The number of nitrogens with zero attached hydrogens (tertiary/aromatic N) is 1. The van der Waals surface area contributed by atoms with Gasteiger partial charge in [-0.25, -0.2) is 4.39 Å². The molecule has 0 spiro atoms. The summed E-state index contributed by atoms with van der Waals surface area (Å²) in [5.41, 5.74) is 2.21. The van der Waals surface area contributed by atoms with Crippen LogP contribution in [0.25, 0.3) is 10.9 Å². The Morgan fingerprint density at radius 2 is 2.11 bits per heavy atom. The quantitative estimate of drug-likeness (QED) is 0.858. The molecule has 0 radical (unpaired) electrons. The van der Waals surface area contributed by atoms with Crippen LogP contribution in [-0.4, -0.2) is 30.0 Å². The predicted octanol–water partition coefficient (Wildman–Crippen LogP) is 3.44. The van der Waals surface area contributed by atoms with Crippen molar-refractivity contribution in [1.82, 2.24) is 9.88 Å². The summed E-state index contributed by atoms with van der Waals surface area (Å²) >= 11 is 0. The van der Waals surface area contributed by atoms with E-state index in [1.54, 1.807) is 12.1 Å². The number of aromatic nitrogens is 1. The zero-order chi connectivity index (χ0) is 13.1. The summed E-state index contributed by atoms with van der Waals surface area (Å²) in [6.07, 6.45) is 2.94. The van der Waals surface area contributed by atoms with Gasteiger partial charge in [0, 0.05) is 30.2 Å². The van der Waals surface area contributed by atoms with Gasteiger partial charge in [-0.3, -0.25) is 0 Å². The number of hydrogen-bond donors (Lipinski definition) is 1. The molecule has 0 atom stereocenters. The molecule has 0 amide bonds. The molecule has 1 N–H and O–H groups in total. The molecule has 0 unspecified atom stereocenters. The standard InChI is InChI=1S/C15H21FN2/c1-11(2)10-18(3)7-6-12-9-17-15-5-4-13(16)8-14(12)15/h4-5,8-9,11,17H,6-7,10H2,1-3H3. The predicted molar refractivity (Wildman–Crippen MR) is 74.3 cm³/mol. The average Bonchev–Trinajstić information content (AvgIpc) is 2.68. The molecule has 2 rings (SSSR count). The maximum atomic E-state index is 13.2. The summed E-state index contributed by atoms with van der Waals surface area (Å²) < 4.78 is 13.2. The molecule has 2 nitrogen and oxygen atoms in total. The number of hydrogen-bond acceptors (Lipinski definition) is 1. The van der Waals surface area contributed by atoms with Crippen LogP contribution in [0.15, 0.2) is 24.4 Å². The first-order chi connectivity index (χ1) is 8.56. The van der Waals surface area contributed by atoms with Gasteiger partial charge in [0.2, 0.25) is 0 Å². The lowest BCUT2D eigenvalue weighted by Crippen LogP contribution is -2.25. The summed E-state index contributed by atoms with van der Waals surface area (Å²) in [5.74, 6) is 0.509. The summed E-state index contributed by atoms with van der Waals surface area (Å²) in [4.78, 5) is 5.52. The van der Waals surface area contributed by atoms with E-state index in [1.165, 1.54) is 11.6 Å². The van der Waals surface area contributed by atoms with Crippen LogP contribution >= 0.6 is 0 Å². The maximum absolute atomic E-state index is 13.2. The highest BCUT2D eigenvalue weighted by molar-refractivity contribution is 5.83. The Morgan fingerprint density at radius 1 is 1.33 bits per heavy atom. The van der Waals surface area contributed by atoms with Crippen LogP contribution in [-0.2, 0) is 6.42 Å². The van der Waals surface area contributed by atoms with Crippen molar-refractivity contribution in [2.75, 3.05) is 20.1 Å². The fraction of sp³-hybridized carbons (Fsp3) is 0.467. The number of rotatable bonds is 5. The third-order valence-electron chi connectivity index (χ3n) is 3.17. The highest BCUT2D eigenvalue weighted by Crippen LogP contribution is 2.20. The Kier molecular flexibility index (Phi) is 4.02. The van der Waals surface area contributed by atoms with E-state index < -0.39 is 0 Å². The minimum absolute atomic E-state index is 0.168. The van der Waals surface area contributed by atoms with Crippen LogP contribution in [0.1, 0.15) is 19.4 Å². The molecule has 98 valence electrons. The van der Waals surface area contributed by atoms with Gasteiger partial charge in [0.15, 0.2) is 0 Å². The summed E-state index contributed by atoms with van der Waals surface area (Å²) in [6.45, 7) is 6.54. The van der Waals surface area contributed by atoms with Gasteiger partial charge in [-0.05, 0) is 43.1 Å². The summed E-state index contributed by atoms with van der Waals surface area (Å²) in [7, 11) is 2.13. The lowest BCUT2D eigenvalue weighted by Gasteiger charge is -2.18. The highest BCUT2D eigenvalue weighted by Gasteiger charge is 2.07. The molecule has 0 aliphatic carbocycles. The maximum Gasteiger partial charge on any atom is 0.123 e. The molecular weight excluding hydrogens is 227 g/mol. The summed E-state index contributed by atoms with van der Waals surface area (Å²) in [5, 5.41) is 1.01. The van der Waals surface area contributed by atoms with E-state index in [9.17, 15) is 4.39 Å². The molecule has 0 aliphatic rings. The number of benzene rings is 1. The van der Waals surface area contributed by atoms with Gasteiger partial charge in [0.1, 0.15) is 5.82 Å². The van der Waals surface area contributed by atoms with Crippen molar-refractivity contribution in [1.29, 1.82) is 0 Å². The van der Waals surface area contributed by atoms with Gasteiger partial charge in [-0.2, -0.15) is 0 Å². The fourth-order valence-corrected chi connectivity index (χ4v) is 2.38. The Balaban J connectivity index is 2.05. The van der Waals surface area contributed by atoms with E-state index >= 15 is 0 Å². The van der Waals surface area contributed by atoms with E-state index in [2.05, 4.69) is 30.8 Å². The van der Waals surface area contributed by atoms with E-state index in [0.29, 0.717) is 5.92 Å². The van der Waals surface area contributed by atoms with Crippen LogP contribution in [0.3, 0.4) is 0 Å². The molecule has 0 fully saturated rings. The molecule has 18 heavy (non-hydrogen) atoms. The SMILES string of the molecule is CC(C)CN(C)CCc1c[nH]c2ccc(F)cc12. The average molecular weight is 248 g/mol. The highest BCUT2D eigenvalue weighted by atomic mass is 19.1. The largest absolute Gasteiger partial charge is 0.361 e. The Morgan fingerprint density at radius 3 is 2.83 bits per heavy atom. The first-order valence-electron chi connectivity index (χ1n) is 6.50. The molecule has 2 aromatic rings. The minimum Gasteiger partial charge on any atom is -0.361 e. The third kappa shape index (κ3) is 3.10. The van der Waals surface area contributed by atoms with Crippen molar-refractivity contribution < 1.29 is 4.39 Å². The zero-order valence-electron chi connectivity index (χ0n) is 11.3. The van der Waals surface area contributed by atoms with Crippen LogP contribution < -0.4 is 0 Å². The number of likely N-dealkylation sites (N-methyl/N-ethyl adjacent to an activating group) is 1.